The Labute approximate surface area is 111 Å². The molecule has 104 valence electrons. The van der Waals surface area contributed by atoms with E-state index in [0.717, 1.165) is 0 Å². The molecule has 1 aliphatic rings. The standard InChI is InChI=1S/C12H16N2O4S/c1-12(2,7-15)14-19(17,18)9-3-4-10-8(5-9)6-11(16)13-10/h3-5,14-15H,6-7H2,1-2H3,(H,13,16). The van der Waals surface area contributed by atoms with E-state index in [1.165, 1.54) is 12.1 Å². The van der Waals surface area contributed by atoms with E-state index in [-0.39, 0.29) is 23.8 Å². The third-order valence-corrected chi connectivity index (χ3v) is 4.51. The van der Waals surface area contributed by atoms with Crippen molar-refractivity contribution in [1.29, 1.82) is 0 Å². The SMILES string of the molecule is CC(C)(CO)NS(=O)(=O)c1ccc2c(c1)CC(=O)N2. The molecule has 0 unspecified atom stereocenters. The molecule has 19 heavy (non-hydrogen) atoms. The van der Waals surface area contributed by atoms with E-state index < -0.39 is 15.6 Å². The van der Waals surface area contributed by atoms with Gasteiger partial charge in [0.2, 0.25) is 15.9 Å². The summed E-state index contributed by atoms with van der Waals surface area (Å²) in [4.78, 5) is 11.3. The van der Waals surface area contributed by atoms with Crippen LogP contribution in [0.4, 0.5) is 5.69 Å². The molecule has 0 radical (unpaired) electrons. The number of nitrogens with one attached hydrogen (secondary N) is 2. The van der Waals surface area contributed by atoms with Crippen LogP contribution in [0.15, 0.2) is 23.1 Å². The van der Waals surface area contributed by atoms with Crippen molar-refractivity contribution in [3.63, 3.8) is 0 Å². The number of aliphatic hydroxyl groups excluding tert-OH is 1. The molecule has 7 heteroatoms. The first-order valence-corrected chi connectivity index (χ1v) is 7.29. The minimum Gasteiger partial charge on any atom is -0.394 e. The van der Waals surface area contributed by atoms with Gasteiger partial charge in [0.25, 0.3) is 0 Å². The van der Waals surface area contributed by atoms with Gasteiger partial charge in [-0.25, -0.2) is 13.1 Å². The summed E-state index contributed by atoms with van der Waals surface area (Å²) in [6, 6.07) is 4.48. The van der Waals surface area contributed by atoms with Gasteiger partial charge in [-0.05, 0) is 37.6 Å². The second-order valence-corrected chi connectivity index (χ2v) is 6.87. The monoisotopic (exact) mass is 284 g/mol. The predicted octanol–water partition coefficient (Wildman–Crippen LogP) is 0.230. The highest BCUT2D eigenvalue weighted by atomic mass is 32.2. The van der Waals surface area contributed by atoms with E-state index >= 15 is 0 Å². The number of benzene rings is 1. The fourth-order valence-corrected chi connectivity index (χ4v) is 3.28. The first-order valence-electron chi connectivity index (χ1n) is 5.81. The van der Waals surface area contributed by atoms with E-state index in [4.69, 9.17) is 5.11 Å². The molecule has 1 aromatic rings. The van der Waals surface area contributed by atoms with Crippen molar-refractivity contribution in [2.75, 3.05) is 11.9 Å². The third kappa shape index (κ3) is 2.94. The number of anilines is 1. The van der Waals surface area contributed by atoms with Gasteiger partial charge in [-0.2, -0.15) is 0 Å². The van der Waals surface area contributed by atoms with Crippen molar-refractivity contribution in [3.05, 3.63) is 23.8 Å². The molecule has 1 aromatic carbocycles. The number of fused-ring (bicyclic) bond motifs is 1. The lowest BCUT2D eigenvalue weighted by molar-refractivity contribution is -0.115. The van der Waals surface area contributed by atoms with Gasteiger partial charge in [0.15, 0.2) is 0 Å². The molecule has 2 rings (SSSR count). The average molecular weight is 284 g/mol. The van der Waals surface area contributed by atoms with Crippen molar-refractivity contribution in [1.82, 2.24) is 4.72 Å². The van der Waals surface area contributed by atoms with Crippen LogP contribution in [0.3, 0.4) is 0 Å². The van der Waals surface area contributed by atoms with E-state index in [9.17, 15) is 13.2 Å². The highest BCUT2D eigenvalue weighted by Gasteiger charge is 2.27. The summed E-state index contributed by atoms with van der Waals surface area (Å²) in [5, 5.41) is 11.8. The molecule has 6 nitrogen and oxygen atoms in total. The lowest BCUT2D eigenvalue weighted by atomic mass is 10.1. The zero-order chi connectivity index (χ0) is 14.3. The molecule has 0 saturated carbocycles. The molecule has 0 aromatic heterocycles. The van der Waals surface area contributed by atoms with Crippen LogP contribution in [0.5, 0.6) is 0 Å². The first-order chi connectivity index (χ1) is 8.73. The molecular weight excluding hydrogens is 268 g/mol. The molecule has 1 aliphatic heterocycles. The minimum atomic E-state index is -3.72. The van der Waals surface area contributed by atoms with Crippen LogP contribution in [0, 0.1) is 0 Å². The molecule has 1 heterocycles. The lowest BCUT2D eigenvalue weighted by Crippen LogP contribution is -2.46. The maximum atomic E-state index is 12.2. The maximum absolute atomic E-state index is 12.2. The second kappa shape index (κ2) is 4.59. The fourth-order valence-electron chi connectivity index (χ4n) is 1.83. The normalized spacial score (nSPS) is 15.2. The Balaban J connectivity index is 2.33. The van der Waals surface area contributed by atoms with Crippen LogP contribution < -0.4 is 10.0 Å². The van der Waals surface area contributed by atoms with E-state index in [1.807, 2.05) is 0 Å². The smallest absolute Gasteiger partial charge is 0.241 e. The summed E-state index contributed by atoms with van der Waals surface area (Å²) < 4.78 is 26.7. The highest BCUT2D eigenvalue weighted by Crippen LogP contribution is 2.26. The molecule has 0 spiro atoms. The Bertz CT molecular complexity index is 623. The molecule has 0 fully saturated rings. The van der Waals surface area contributed by atoms with Crippen LogP contribution in [-0.4, -0.2) is 31.6 Å². The lowest BCUT2D eigenvalue weighted by Gasteiger charge is -2.23. The van der Waals surface area contributed by atoms with Gasteiger partial charge in [-0.15, -0.1) is 0 Å². The van der Waals surface area contributed by atoms with E-state index in [2.05, 4.69) is 10.0 Å². The van der Waals surface area contributed by atoms with Crippen molar-refractivity contribution >= 4 is 21.6 Å². The number of amides is 1. The molecule has 1 amide bonds. The number of sulfonamides is 1. The van der Waals surface area contributed by atoms with Crippen LogP contribution in [-0.2, 0) is 21.2 Å². The van der Waals surface area contributed by atoms with E-state index in [1.54, 1.807) is 19.9 Å². The largest absolute Gasteiger partial charge is 0.394 e. The summed E-state index contributed by atoms with van der Waals surface area (Å²) in [5.41, 5.74) is 0.367. The third-order valence-electron chi connectivity index (χ3n) is 2.82. The van der Waals surface area contributed by atoms with Crippen LogP contribution in [0.25, 0.3) is 0 Å². The van der Waals surface area contributed by atoms with Gasteiger partial charge < -0.3 is 10.4 Å². The van der Waals surface area contributed by atoms with Gasteiger partial charge >= 0.3 is 0 Å². The zero-order valence-electron chi connectivity index (χ0n) is 10.7. The number of aliphatic hydroxyl groups is 1. The van der Waals surface area contributed by atoms with E-state index in [0.29, 0.717) is 11.3 Å². The molecule has 0 aliphatic carbocycles. The van der Waals surface area contributed by atoms with Crippen molar-refractivity contribution in [3.8, 4) is 0 Å². The van der Waals surface area contributed by atoms with Crippen molar-refractivity contribution in [2.45, 2.75) is 30.7 Å². The molecule has 0 atom stereocenters. The Morgan fingerprint density at radius 2 is 2.11 bits per heavy atom. The topological polar surface area (TPSA) is 95.5 Å². The van der Waals surface area contributed by atoms with Gasteiger partial charge in [0.05, 0.1) is 23.5 Å². The Morgan fingerprint density at radius 1 is 1.42 bits per heavy atom. The molecule has 0 saturated heterocycles. The number of hydrogen-bond donors (Lipinski definition) is 3. The predicted molar refractivity (Wildman–Crippen MR) is 70.3 cm³/mol. The molecule has 0 bridgehead atoms. The van der Waals surface area contributed by atoms with Crippen LogP contribution >= 0.6 is 0 Å². The Hall–Kier alpha value is -1.44. The number of carbonyl (C=O) groups excluding carboxylic acids is 1. The summed E-state index contributed by atoms with van der Waals surface area (Å²) in [5.74, 6) is -0.145. The van der Waals surface area contributed by atoms with Gasteiger partial charge in [-0.3, -0.25) is 4.79 Å². The summed E-state index contributed by atoms with van der Waals surface area (Å²) >= 11 is 0. The number of carbonyl (C=O) groups is 1. The highest BCUT2D eigenvalue weighted by molar-refractivity contribution is 7.89. The average Bonchev–Trinajstić information content (AvgIpc) is 2.66. The second-order valence-electron chi connectivity index (χ2n) is 5.19. The Morgan fingerprint density at radius 3 is 2.74 bits per heavy atom. The van der Waals surface area contributed by atoms with Crippen molar-refractivity contribution in [2.24, 2.45) is 0 Å². The summed E-state index contributed by atoms with van der Waals surface area (Å²) in [6.07, 6.45) is 0.183. The number of hydrogen-bond acceptors (Lipinski definition) is 4. The van der Waals surface area contributed by atoms with Gasteiger partial charge in [0.1, 0.15) is 0 Å². The first kappa shape index (κ1) is 14.0. The molecule has 3 N–H and O–H groups in total. The maximum Gasteiger partial charge on any atom is 0.241 e. The fraction of sp³-hybridized carbons (Fsp3) is 0.417. The van der Waals surface area contributed by atoms with Gasteiger partial charge in [0, 0.05) is 5.69 Å². The van der Waals surface area contributed by atoms with Crippen LogP contribution in [0.2, 0.25) is 0 Å². The van der Waals surface area contributed by atoms with Crippen molar-refractivity contribution < 1.29 is 18.3 Å². The zero-order valence-corrected chi connectivity index (χ0v) is 11.5. The van der Waals surface area contributed by atoms with Crippen LogP contribution in [0.1, 0.15) is 19.4 Å². The van der Waals surface area contributed by atoms with Gasteiger partial charge in [-0.1, -0.05) is 0 Å². The molecular formula is C12H16N2O4S. The summed E-state index contributed by atoms with van der Waals surface area (Å²) in [6.45, 7) is 2.86. The minimum absolute atomic E-state index is 0.0873. The summed E-state index contributed by atoms with van der Waals surface area (Å²) in [7, 11) is -3.72. The Kier molecular flexibility index (Phi) is 3.38. The quantitative estimate of drug-likeness (QED) is 0.737. The number of rotatable bonds is 4.